The molecule has 1 aliphatic heterocycles. The van der Waals surface area contributed by atoms with E-state index in [1.165, 1.54) is 0 Å². The average molecular weight is 154 g/mol. The van der Waals surface area contributed by atoms with Crippen LogP contribution >= 0.6 is 12.4 Å². The fourth-order valence-electron chi connectivity index (χ4n) is 0.841. The van der Waals surface area contributed by atoms with Crippen molar-refractivity contribution < 1.29 is 9.84 Å². The smallest absolute Gasteiger partial charge is 0.0789 e. The molecule has 0 aromatic carbocycles. The first-order valence-electron chi connectivity index (χ1n) is 2.80. The highest BCUT2D eigenvalue weighted by molar-refractivity contribution is 5.85. The maximum atomic E-state index is 8.87. The lowest BCUT2D eigenvalue weighted by Gasteiger charge is -2.22. The van der Waals surface area contributed by atoms with Gasteiger partial charge < -0.3 is 15.6 Å². The summed E-state index contributed by atoms with van der Waals surface area (Å²) >= 11 is 0. The normalized spacial score (nSPS) is 35.3. The van der Waals surface area contributed by atoms with E-state index in [0.717, 1.165) is 0 Å². The molecule has 2 atom stereocenters. The van der Waals surface area contributed by atoms with E-state index in [1.54, 1.807) is 0 Å². The summed E-state index contributed by atoms with van der Waals surface area (Å²) in [6.07, 6.45) is 0.346. The molecule has 0 aromatic heterocycles. The zero-order chi connectivity index (χ0) is 5.98. The van der Waals surface area contributed by atoms with Gasteiger partial charge in [0.05, 0.1) is 19.3 Å². The van der Waals surface area contributed by atoms with E-state index in [0.29, 0.717) is 19.6 Å². The number of hydrogen-bond donors (Lipinski definition) is 2. The van der Waals surface area contributed by atoms with Crippen LogP contribution in [0, 0.1) is 0 Å². The summed E-state index contributed by atoms with van der Waals surface area (Å²) in [5.41, 5.74) is 5.44. The highest BCUT2D eigenvalue weighted by Crippen LogP contribution is 2.03. The Morgan fingerprint density at radius 3 is 2.44 bits per heavy atom. The molecule has 1 aliphatic rings. The van der Waals surface area contributed by atoms with Crippen LogP contribution in [0.1, 0.15) is 6.42 Å². The van der Waals surface area contributed by atoms with Crippen LogP contribution < -0.4 is 5.73 Å². The molecule has 3 N–H and O–H groups in total. The molecule has 1 rings (SSSR count). The van der Waals surface area contributed by atoms with Crippen molar-refractivity contribution in [3.63, 3.8) is 0 Å². The third-order valence-electron chi connectivity index (χ3n) is 1.22. The van der Waals surface area contributed by atoms with Crippen molar-refractivity contribution >= 4 is 12.4 Å². The Kier molecular flexibility index (Phi) is 4.14. The van der Waals surface area contributed by atoms with E-state index >= 15 is 0 Å². The highest BCUT2D eigenvalue weighted by atomic mass is 35.5. The van der Waals surface area contributed by atoms with E-state index < -0.39 is 0 Å². The minimum absolute atomic E-state index is 0. The lowest BCUT2D eigenvalue weighted by atomic mass is 10.1. The second kappa shape index (κ2) is 4.06. The molecular weight excluding hydrogens is 142 g/mol. The average Bonchev–Trinajstić information content (AvgIpc) is 1.64. The van der Waals surface area contributed by atoms with Crippen molar-refractivity contribution in [2.24, 2.45) is 5.73 Å². The summed E-state index contributed by atoms with van der Waals surface area (Å²) in [4.78, 5) is 0. The first-order valence-corrected chi connectivity index (χ1v) is 2.80. The number of ether oxygens (including phenoxy) is 1. The van der Waals surface area contributed by atoms with Gasteiger partial charge in [-0.05, 0) is 6.42 Å². The van der Waals surface area contributed by atoms with Gasteiger partial charge in [-0.15, -0.1) is 12.4 Å². The molecule has 4 heteroatoms. The summed E-state index contributed by atoms with van der Waals surface area (Å²) in [5.74, 6) is 0. The van der Waals surface area contributed by atoms with Crippen LogP contribution in [0.4, 0.5) is 0 Å². The highest BCUT2D eigenvalue weighted by Gasteiger charge is 2.16. The van der Waals surface area contributed by atoms with Gasteiger partial charge in [0.15, 0.2) is 0 Å². The van der Waals surface area contributed by atoms with E-state index in [2.05, 4.69) is 0 Å². The zero-order valence-corrected chi connectivity index (χ0v) is 5.93. The third-order valence-corrected chi connectivity index (χ3v) is 1.22. The minimum Gasteiger partial charge on any atom is -0.391 e. The molecule has 0 radical (unpaired) electrons. The van der Waals surface area contributed by atoms with E-state index in [9.17, 15) is 0 Å². The molecule has 9 heavy (non-hydrogen) atoms. The molecule has 0 amide bonds. The standard InChI is InChI=1S/C5H11NO2.ClH/c6-4-1-5(7)3-8-2-4;/h4-5,7H,1-3,6H2;1H/t4-,5-;/m1./s1. The monoisotopic (exact) mass is 153 g/mol. The number of aliphatic hydroxyl groups excluding tert-OH is 1. The van der Waals surface area contributed by atoms with Gasteiger partial charge in [-0.3, -0.25) is 0 Å². The van der Waals surface area contributed by atoms with Gasteiger partial charge in [0.1, 0.15) is 0 Å². The van der Waals surface area contributed by atoms with Gasteiger partial charge in [0.25, 0.3) is 0 Å². The molecular formula is C5H12ClNO2. The van der Waals surface area contributed by atoms with Crippen LogP contribution in [0.25, 0.3) is 0 Å². The van der Waals surface area contributed by atoms with Crippen LogP contribution in [-0.2, 0) is 4.74 Å². The van der Waals surface area contributed by atoms with E-state index in [-0.39, 0.29) is 24.6 Å². The molecule has 0 saturated carbocycles. The zero-order valence-electron chi connectivity index (χ0n) is 5.12. The predicted octanol–water partition coefficient (Wildman–Crippen LogP) is -0.483. The van der Waals surface area contributed by atoms with Crippen LogP contribution in [0.15, 0.2) is 0 Å². The third kappa shape index (κ3) is 3.01. The molecule has 1 saturated heterocycles. The summed E-state index contributed by atoms with van der Waals surface area (Å²) in [5, 5.41) is 8.87. The topological polar surface area (TPSA) is 55.5 Å². The number of rotatable bonds is 0. The predicted molar refractivity (Wildman–Crippen MR) is 36.7 cm³/mol. The SMILES string of the molecule is Cl.N[C@H]1COC[C@H](O)C1. The van der Waals surface area contributed by atoms with Crippen LogP contribution in [0.5, 0.6) is 0 Å². The van der Waals surface area contributed by atoms with Gasteiger partial charge in [0, 0.05) is 6.04 Å². The van der Waals surface area contributed by atoms with Crippen LogP contribution in [0.3, 0.4) is 0 Å². The van der Waals surface area contributed by atoms with E-state index in [4.69, 9.17) is 15.6 Å². The Bertz CT molecular complexity index is 73.4. The molecule has 1 fully saturated rings. The second-order valence-corrected chi connectivity index (χ2v) is 2.19. The Morgan fingerprint density at radius 1 is 1.44 bits per heavy atom. The molecule has 1 heterocycles. The Hall–Kier alpha value is 0.170. The summed E-state index contributed by atoms with van der Waals surface area (Å²) in [6, 6.07) is 0.0405. The summed E-state index contributed by atoms with van der Waals surface area (Å²) in [7, 11) is 0. The lowest BCUT2D eigenvalue weighted by molar-refractivity contribution is -0.0154. The molecule has 0 aliphatic carbocycles. The van der Waals surface area contributed by atoms with Crippen molar-refractivity contribution in [2.75, 3.05) is 13.2 Å². The molecule has 0 aromatic rings. The second-order valence-electron chi connectivity index (χ2n) is 2.19. The maximum absolute atomic E-state index is 8.87. The van der Waals surface area contributed by atoms with Gasteiger partial charge in [0.2, 0.25) is 0 Å². The number of hydrogen-bond acceptors (Lipinski definition) is 3. The van der Waals surface area contributed by atoms with E-state index in [1.807, 2.05) is 0 Å². The first kappa shape index (κ1) is 9.17. The van der Waals surface area contributed by atoms with Crippen molar-refractivity contribution in [3.8, 4) is 0 Å². The molecule has 56 valence electrons. The first-order chi connectivity index (χ1) is 3.79. The molecule has 0 bridgehead atoms. The van der Waals surface area contributed by atoms with Gasteiger partial charge in [-0.25, -0.2) is 0 Å². The summed E-state index contributed by atoms with van der Waals surface area (Å²) in [6.45, 7) is 1.05. The minimum atomic E-state index is -0.334. The van der Waals surface area contributed by atoms with Crippen molar-refractivity contribution in [3.05, 3.63) is 0 Å². The fraction of sp³-hybridized carbons (Fsp3) is 1.00. The molecule has 3 nitrogen and oxygen atoms in total. The molecule has 0 unspecified atom stereocenters. The van der Waals surface area contributed by atoms with Crippen LogP contribution in [-0.4, -0.2) is 30.5 Å². The Morgan fingerprint density at radius 2 is 2.11 bits per heavy atom. The van der Waals surface area contributed by atoms with Gasteiger partial charge >= 0.3 is 0 Å². The fourth-order valence-corrected chi connectivity index (χ4v) is 0.841. The summed E-state index contributed by atoms with van der Waals surface area (Å²) < 4.78 is 4.92. The number of nitrogens with two attached hydrogens (primary N) is 1. The van der Waals surface area contributed by atoms with Gasteiger partial charge in [-0.2, -0.15) is 0 Å². The Balaban J connectivity index is 0.000000640. The van der Waals surface area contributed by atoms with Gasteiger partial charge in [-0.1, -0.05) is 0 Å². The Labute approximate surface area is 60.6 Å². The lowest BCUT2D eigenvalue weighted by Crippen LogP contribution is -2.38. The quantitative estimate of drug-likeness (QED) is 0.494. The molecule has 0 spiro atoms. The van der Waals surface area contributed by atoms with Crippen molar-refractivity contribution in [1.29, 1.82) is 0 Å². The maximum Gasteiger partial charge on any atom is 0.0789 e. The van der Waals surface area contributed by atoms with Crippen molar-refractivity contribution in [2.45, 2.75) is 18.6 Å². The number of aliphatic hydroxyl groups is 1. The number of halogens is 1. The van der Waals surface area contributed by atoms with Crippen LogP contribution in [0.2, 0.25) is 0 Å². The van der Waals surface area contributed by atoms with Crippen molar-refractivity contribution in [1.82, 2.24) is 0 Å². The largest absolute Gasteiger partial charge is 0.391 e.